The molecule has 0 aromatic heterocycles. The van der Waals surface area contributed by atoms with Gasteiger partial charge in [-0.3, -0.25) is 4.72 Å². The van der Waals surface area contributed by atoms with Gasteiger partial charge in [-0.1, -0.05) is 23.2 Å². The molecule has 1 N–H and O–H groups in total. The lowest BCUT2D eigenvalue weighted by Crippen LogP contribution is -2.14. The highest BCUT2D eigenvalue weighted by atomic mass is 35.5. The van der Waals surface area contributed by atoms with Crippen LogP contribution in [0.3, 0.4) is 0 Å². The van der Waals surface area contributed by atoms with E-state index < -0.39 is 21.8 Å². The van der Waals surface area contributed by atoms with E-state index in [4.69, 9.17) is 23.2 Å². The second-order valence-electron chi connectivity index (χ2n) is 4.25. The van der Waals surface area contributed by atoms with Gasteiger partial charge in [-0.2, -0.15) is 13.2 Å². The molecule has 0 atom stereocenters. The van der Waals surface area contributed by atoms with Gasteiger partial charge in [0.05, 0.1) is 21.2 Å². The van der Waals surface area contributed by atoms with Gasteiger partial charge in [-0.05, 0) is 42.5 Å². The zero-order valence-electron chi connectivity index (χ0n) is 10.7. The Morgan fingerprint density at radius 2 is 1.55 bits per heavy atom. The molecule has 0 spiro atoms. The van der Waals surface area contributed by atoms with Crippen molar-refractivity contribution in [2.24, 2.45) is 0 Å². The highest BCUT2D eigenvalue weighted by Gasteiger charge is 2.31. The molecule has 118 valence electrons. The summed E-state index contributed by atoms with van der Waals surface area (Å²) in [6.45, 7) is 0. The van der Waals surface area contributed by atoms with Crippen molar-refractivity contribution in [3.8, 4) is 0 Å². The number of benzene rings is 2. The fraction of sp³-hybridized carbons (Fsp3) is 0.0769. The topological polar surface area (TPSA) is 46.2 Å². The van der Waals surface area contributed by atoms with Crippen LogP contribution in [-0.4, -0.2) is 8.42 Å². The Kier molecular flexibility index (Phi) is 4.60. The average molecular weight is 370 g/mol. The standard InChI is InChI=1S/C13H8Cl2F3NO2S/c14-9-2-4-10(5-3-9)22(20,21)19-12-7-8(13(16,17)18)1-6-11(12)15/h1-7,19H. The summed E-state index contributed by atoms with van der Waals surface area (Å²) in [5.74, 6) is 0. The van der Waals surface area contributed by atoms with Crippen molar-refractivity contribution < 1.29 is 21.6 Å². The first kappa shape index (κ1) is 16.9. The maximum absolute atomic E-state index is 12.7. The Bertz CT molecular complexity index is 790. The number of nitrogens with one attached hydrogen (secondary N) is 1. The predicted molar refractivity (Wildman–Crippen MR) is 78.7 cm³/mol. The Morgan fingerprint density at radius 1 is 0.955 bits per heavy atom. The first-order valence-electron chi connectivity index (χ1n) is 5.75. The van der Waals surface area contributed by atoms with Gasteiger partial charge in [-0.25, -0.2) is 8.42 Å². The molecule has 22 heavy (non-hydrogen) atoms. The lowest BCUT2D eigenvalue weighted by Gasteiger charge is -2.13. The molecule has 9 heteroatoms. The maximum Gasteiger partial charge on any atom is 0.416 e. The van der Waals surface area contributed by atoms with Crippen molar-refractivity contribution in [1.29, 1.82) is 0 Å². The summed E-state index contributed by atoms with van der Waals surface area (Å²) in [4.78, 5) is -0.148. The zero-order valence-corrected chi connectivity index (χ0v) is 13.0. The fourth-order valence-electron chi connectivity index (χ4n) is 1.60. The molecular weight excluding hydrogens is 362 g/mol. The Morgan fingerprint density at radius 3 is 2.09 bits per heavy atom. The third-order valence-electron chi connectivity index (χ3n) is 2.66. The minimum atomic E-state index is -4.61. The first-order chi connectivity index (χ1) is 10.1. The smallest absolute Gasteiger partial charge is 0.278 e. The summed E-state index contributed by atoms with van der Waals surface area (Å²) < 4.78 is 64.3. The van der Waals surface area contributed by atoms with Gasteiger partial charge in [0.1, 0.15) is 0 Å². The second kappa shape index (κ2) is 5.98. The van der Waals surface area contributed by atoms with Crippen LogP contribution >= 0.6 is 23.2 Å². The van der Waals surface area contributed by atoms with E-state index in [1.54, 1.807) is 0 Å². The highest BCUT2D eigenvalue weighted by Crippen LogP contribution is 2.34. The van der Waals surface area contributed by atoms with Gasteiger partial charge < -0.3 is 0 Å². The molecule has 3 nitrogen and oxygen atoms in total. The van der Waals surface area contributed by atoms with E-state index in [0.29, 0.717) is 11.1 Å². The second-order valence-corrected chi connectivity index (χ2v) is 6.78. The van der Waals surface area contributed by atoms with E-state index in [-0.39, 0.29) is 15.6 Å². The van der Waals surface area contributed by atoms with Crippen LogP contribution in [0, 0.1) is 0 Å². The zero-order chi connectivity index (χ0) is 16.5. The van der Waals surface area contributed by atoms with Crippen molar-refractivity contribution in [1.82, 2.24) is 0 Å². The molecular formula is C13H8Cl2F3NO2S. The van der Waals surface area contributed by atoms with Crippen molar-refractivity contribution in [2.75, 3.05) is 4.72 Å². The molecule has 0 aliphatic rings. The SMILES string of the molecule is O=S(=O)(Nc1cc(C(F)(F)F)ccc1Cl)c1ccc(Cl)cc1. The Balaban J connectivity index is 2.39. The summed E-state index contributed by atoms with van der Waals surface area (Å²) in [7, 11) is -4.08. The molecule has 2 rings (SSSR count). The van der Waals surface area contributed by atoms with Gasteiger partial charge in [0, 0.05) is 5.02 Å². The Hall–Kier alpha value is -1.44. The minimum absolute atomic E-state index is 0.148. The molecule has 2 aromatic rings. The van der Waals surface area contributed by atoms with E-state index >= 15 is 0 Å². The number of hydrogen-bond donors (Lipinski definition) is 1. The van der Waals surface area contributed by atoms with Crippen LogP contribution in [0.4, 0.5) is 18.9 Å². The number of sulfonamides is 1. The molecule has 0 aliphatic heterocycles. The molecule has 0 saturated heterocycles. The quantitative estimate of drug-likeness (QED) is 0.843. The van der Waals surface area contributed by atoms with Crippen LogP contribution in [0.25, 0.3) is 0 Å². The highest BCUT2D eigenvalue weighted by molar-refractivity contribution is 7.92. The number of alkyl halides is 3. The fourth-order valence-corrected chi connectivity index (χ4v) is 3.01. The van der Waals surface area contributed by atoms with Gasteiger partial charge in [0.15, 0.2) is 0 Å². The van der Waals surface area contributed by atoms with Crippen molar-refractivity contribution in [3.05, 3.63) is 58.1 Å². The lowest BCUT2D eigenvalue weighted by atomic mass is 10.2. The normalized spacial score (nSPS) is 12.2. The predicted octanol–water partition coefficient (Wildman–Crippen LogP) is 4.81. The van der Waals surface area contributed by atoms with Crippen LogP contribution < -0.4 is 4.72 Å². The van der Waals surface area contributed by atoms with E-state index in [2.05, 4.69) is 0 Å². The summed E-state index contributed by atoms with van der Waals surface area (Å²) in [6.07, 6.45) is -4.61. The summed E-state index contributed by atoms with van der Waals surface area (Å²) in [5, 5.41) is 0.182. The number of anilines is 1. The largest absolute Gasteiger partial charge is 0.416 e. The summed E-state index contributed by atoms with van der Waals surface area (Å²) in [6, 6.07) is 7.54. The van der Waals surface area contributed by atoms with E-state index in [1.165, 1.54) is 24.3 Å². The number of halogens is 5. The number of hydrogen-bond acceptors (Lipinski definition) is 2. The van der Waals surface area contributed by atoms with Crippen LogP contribution in [0.2, 0.25) is 10.0 Å². The average Bonchev–Trinajstić information content (AvgIpc) is 2.40. The molecule has 0 saturated carbocycles. The third kappa shape index (κ3) is 3.85. The lowest BCUT2D eigenvalue weighted by molar-refractivity contribution is -0.137. The van der Waals surface area contributed by atoms with Crippen LogP contribution in [0.5, 0.6) is 0 Å². The summed E-state index contributed by atoms with van der Waals surface area (Å²) in [5.41, 5.74) is -1.36. The van der Waals surface area contributed by atoms with Crippen LogP contribution in [0.15, 0.2) is 47.4 Å². The van der Waals surface area contributed by atoms with Crippen LogP contribution in [-0.2, 0) is 16.2 Å². The van der Waals surface area contributed by atoms with Gasteiger partial charge in [0.2, 0.25) is 0 Å². The molecule has 0 aliphatic carbocycles. The van der Waals surface area contributed by atoms with E-state index in [0.717, 1.165) is 12.1 Å². The van der Waals surface area contributed by atoms with Crippen molar-refractivity contribution >= 4 is 38.9 Å². The number of rotatable bonds is 3. The monoisotopic (exact) mass is 369 g/mol. The molecule has 0 bridgehead atoms. The first-order valence-corrected chi connectivity index (χ1v) is 7.98. The molecule has 0 radical (unpaired) electrons. The maximum atomic E-state index is 12.7. The molecule has 2 aromatic carbocycles. The molecule has 0 heterocycles. The van der Waals surface area contributed by atoms with Gasteiger partial charge in [-0.15, -0.1) is 0 Å². The van der Waals surface area contributed by atoms with Gasteiger partial charge >= 0.3 is 6.18 Å². The molecule has 0 fully saturated rings. The van der Waals surface area contributed by atoms with Gasteiger partial charge in [0.25, 0.3) is 10.0 Å². The molecule has 0 unspecified atom stereocenters. The van der Waals surface area contributed by atoms with E-state index in [1.807, 2.05) is 4.72 Å². The van der Waals surface area contributed by atoms with Crippen molar-refractivity contribution in [3.63, 3.8) is 0 Å². The van der Waals surface area contributed by atoms with Crippen molar-refractivity contribution in [2.45, 2.75) is 11.1 Å². The summed E-state index contributed by atoms with van der Waals surface area (Å²) >= 11 is 11.4. The minimum Gasteiger partial charge on any atom is -0.278 e. The Labute approximate surface area is 134 Å². The van der Waals surface area contributed by atoms with Crippen LogP contribution in [0.1, 0.15) is 5.56 Å². The third-order valence-corrected chi connectivity index (χ3v) is 4.62. The molecule has 0 amide bonds. The van der Waals surface area contributed by atoms with E-state index in [9.17, 15) is 21.6 Å².